The lowest BCUT2D eigenvalue weighted by molar-refractivity contribution is -0.124. The number of carbonyl (C=O) groups is 3. The molecule has 1 N–H and O–H groups in total. The normalized spacial score (nSPS) is 20.1. The number of carbonyl (C=O) groups excluding carboxylic acids is 3. The number of aryl methyl sites for hydroxylation is 1. The number of ketones is 1. The number of hydrogen-bond donors (Lipinski definition) is 1. The molecule has 0 unspecified atom stereocenters. The van der Waals surface area contributed by atoms with Gasteiger partial charge in [-0.15, -0.1) is 11.8 Å². The summed E-state index contributed by atoms with van der Waals surface area (Å²) in [5, 5.41) is 2.90. The summed E-state index contributed by atoms with van der Waals surface area (Å²) in [7, 11) is 0. The predicted molar refractivity (Wildman–Crippen MR) is 95.8 cm³/mol. The Morgan fingerprint density at radius 3 is 2.80 bits per heavy atom. The summed E-state index contributed by atoms with van der Waals surface area (Å²) in [5.74, 6) is 1.84. The average Bonchev–Trinajstić information content (AvgIpc) is 3.18. The van der Waals surface area contributed by atoms with Crippen LogP contribution < -0.4 is 5.32 Å². The zero-order valence-corrected chi connectivity index (χ0v) is 15.7. The number of thioether (sulfide) groups is 1. The van der Waals surface area contributed by atoms with E-state index in [-0.39, 0.29) is 23.4 Å². The van der Waals surface area contributed by atoms with Crippen LogP contribution in [-0.4, -0.2) is 46.7 Å². The molecule has 2 amide bonds. The molecule has 1 aromatic rings. The predicted octanol–water partition coefficient (Wildman–Crippen LogP) is 2.39. The Morgan fingerprint density at radius 1 is 1.36 bits per heavy atom. The van der Waals surface area contributed by atoms with E-state index in [2.05, 4.69) is 5.32 Å². The van der Waals surface area contributed by atoms with Crippen molar-refractivity contribution >= 4 is 29.4 Å². The fourth-order valence-corrected chi connectivity index (χ4v) is 4.42. The topological polar surface area (TPSA) is 79.6 Å². The average molecular weight is 364 g/mol. The summed E-state index contributed by atoms with van der Waals surface area (Å²) >= 11 is 1.55. The van der Waals surface area contributed by atoms with Crippen molar-refractivity contribution in [3.63, 3.8) is 0 Å². The first-order valence-corrected chi connectivity index (χ1v) is 9.87. The lowest BCUT2D eigenvalue weighted by Gasteiger charge is -2.22. The monoisotopic (exact) mass is 364 g/mol. The second-order valence-electron chi connectivity index (χ2n) is 7.06. The van der Waals surface area contributed by atoms with Gasteiger partial charge in [-0.05, 0) is 19.3 Å². The van der Waals surface area contributed by atoms with E-state index in [4.69, 9.17) is 4.42 Å². The van der Waals surface area contributed by atoms with Gasteiger partial charge >= 0.3 is 0 Å². The molecule has 0 bridgehead atoms. The molecule has 2 aliphatic rings. The van der Waals surface area contributed by atoms with E-state index in [1.807, 2.05) is 13.8 Å². The maximum absolute atomic E-state index is 13.0. The van der Waals surface area contributed by atoms with Crippen molar-refractivity contribution in [1.82, 2.24) is 10.2 Å². The third-order valence-electron chi connectivity index (χ3n) is 4.63. The van der Waals surface area contributed by atoms with Crippen molar-refractivity contribution in [1.29, 1.82) is 0 Å². The maximum atomic E-state index is 13.0. The molecule has 0 radical (unpaired) electrons. The van der Waals surface area contributed by atoms with Crippen LogP contribution >= 0.6 is 11.8 Å². The summed E-state index contributed by atoms with van der Waals surface area (Å²) in [6, 6.07) is -0.492. The van der Waals surface area contributed by atoms with Crippen LogP contribution in [0.3, 0.4) is 0 Å². The molecular formula is C18H24N2O4S. The van der Waals surface area contributed by atoms with Gasteiger partial charge in [-0.25, -0.2) is 0 Å². The number of nitrogens with one attached hydrogen (secondary N) is 1. The molecule has 136 valence electrons. The fourth-order valence-electron chi connectivity index (χ4n) is 3.27. The highest BCUT2D eigenvalue weighted by molar-refractivity contribution is 7.99. The van der Waals surface area contributed by atoms with Crippen LogP contribution in [-0.2, 0) is 11.2 Å². The smallest absolute Gasteiger partial charge is 0.291 e. The van der Waals surface area contributed by atoms with Gasteiger partial charge in [0.2, 0.25) is 5.91 Å². The first kappa shape index (κ1) is 18.0. The fraction of sp³-hybridized carbons (Fsp3) is 0.611. The highest BCUT2D eigenvalue weighted by atomic mass is 32.2. The summed E-state index contributed by atoms with van der Waals surface area (Å²) in [6.45, 7) is 6.40. The van der Waals surface area contributed by atoms with Crippen molar-refractivity contribution in [3.05, 3.63) is 22.6 Å². The quantitative estimate of drug-likeness (QED) is 0.887. The second kappa shape index (κ2) is 7.23. The summed E-state index contributed by atoms with van der Waals surface area (Å²) in [6.07, 6.45) is 1.94. The van der Waals surface area contributed by atoms with Crippen LogP contribution in [0.25, 0.3) is 0 Å². The van der Waals surface area contributed by atoms with Crippen LogP contribution in [0, 0.1) is 12.8 Å². The summed E-state index contributed by atoms with van der Waals surface area (Å²) in [5.41, 5.74) is 1.19. The van der Waals surface area contributed by atoms with Gasteiger partial charge in [-0.1, -0.05) is 13.8 Å². The zero-order valence-electron chi connectivity index (χ0n) is 14.9. The Morgan fingerprint density at radius 2 is 2.12 bits per heavy atom. The van der Waals surface area contributed by atoms with Crippen molar-refractivity contribution in [2.75, 3.05) is 18.2 Å². The number of rotatable bonds is 4. The molecule has 25 heavy (non-hydrogen) atoms. The molecule has 1 aliphatic carbocycles. The molecule has 1 aromatic heterocycles. The summed E-state index contributed by atoms with van der Waals surface area (Å²) < 4.78 is 5.75. The molecule has 1 aliphatic heterocycles. The first-order chi connectivity index (χ1) is 11.9. The number of hydrogen-bond acceptors (Lipinski definition) is 5. The van der Waals surface area contributed by atoms with E-state index in [1.54, 1.807) is 23.6 Å². The largest absolute Gasteiger partial charge is 0.455 e. The number of Topliss-reactive ketones (excluding diaryl/α,β-unsaturated/α-hetero) is 1. The van der Waals surface area contributed by atoms with Crippen LogP contribution in [0.5, 0.6) is 0 Å². The summed E-state index contributed by atoms with van der Waals surface area (Å²) in [4.78, 5) is 39.1. The van der Waals surface area contributed by atoms with Crippen molar-refractivity contribution < 1.29 is 18.8 Å². The Balaban J connectivity index is 1.80. The minimum Gasteiger partial charge on any atom is -0.455 e. The molecule has 0 aromatic carbocycles. The van der Waals surface area contributed by atoms with Crippen molar-refractivity contribution in [2.45, 2.75) is 46.1 Å². The number of amides is 2. The Bertz CT molecular complexity index is 710. The first-order valence-electron chi connectivity index (χ1n) is 8.72. The van der Waals surface area contributed by atoms with Gasteiger partial charge in [-0.3, -0.25) is 14.4 Å². The SMILES string of the molecule is Cc1c(C(=O)N2CSC[C@@H]2C(=O)NCC(C)C)oc2c1C(=O)CCC2. The van der Waals surface area contributed by atoms with E-state index in [0.717, 1.165) is 6.42 Å². The van der Waals surface area contributed by atoms with E-state index >= 15 is 0 Å². The minimum atomic E-state index is -0.492. The molecule has 1 saturated heterocycles. The number of fused-ring (bicyclic) bond motifs is 1. The van der Waals surface area contributed by atoms with E-state index in [0.29, 0.717) is 53.8 Å². The van der Waals surface area contributed by atoms with Gasteiger partial charge in [0.15, 0.2) is 11.5 Å². The molecule has 2 heterocycles. The zero-order chi connectivity index (χ0) is 18.1. The van der Waals surface area contributed by atoms with Crippen LogP contribution in [0.4, 0.5) is 0 Å². The maximum Gasteiger partial charge on any atom is 0.291 e. The van der Waals surface area contributed by atoms with Gasteiger partial charge in [0.05, 0.1) is 11.4 Å². The highest BCUT2D eigenvalue weighted by Gasteiger charge is 2.38. The van der Waals surface area contributed by atoms with E-state index in [9.17, 15) is 14.4 Å². The van der Waals surface area contributed by atoms with Crippen LogP contribution in [0.15, 0.2) is 4.42 Å². The van der Waals surface area contributed by atoms with E-state index in [1.165, 1.54) is 0 Å². The number of furan rings is 1. The van der Waals surface area contributed by atoms with Gasteiger partial charge in [-0.2, -0.15) is 0 Å². The van der Waals surface area contributed by atoms with Crippen molar-refractivity contribution in [3.8, 4) is 0 Å². The van der Waals surface area contributed by atoms with Gasteiger partial charge in [0, 0.05) is 30.7 Å². The standard InChI is InChI=1S/C18H24N2O4S/c1-10(2)7-19-17(22)12-8-25-9-20(12)18(23)16-11(3)15-13(21)5-4-6-14(15)24-16/h10,12H,4-9H2,1-3H3,(H,19,22)/t12-/m1/s1. The number of nitrogens with zero attached hydrogens (tertiary/aromatic N) is 1. The van der Waals surface area contributed by atoms with Crippen LogP contribution in [0.1, 0.15) is 58.9 Å². The molecule has 1 atom stereocenters. The third-order valence-corrected chi connectivity index (χ3v) is 5.64. The lowest BCUT2D eigenvalue weighted by Crippen LogP contribution is -2.48. The van der Waals surface area contributed by atoms with Crippen molar-refractivity contribution in [2.24, 2.45) is 5.92 Å². The Kier molecular flexibility index (Phi) is 5.22. The van der Waals surface area contributed by atoms with Crippen LogP contribution in [0.2, 0.25) is 0 Å². The molecule has 0 saturated carbocycles. The van der Waals surface area contributed by atoms with Gasteiger partial charge < -0.3 is 14.6 Å². The van der Waals surface area contributed by atoms with Gasteiger partial charge in [0.1, 0.15) is 11.8 Å². The Hall–Kier alpha value is -1.76. The molecule has 3 rings (SSSR count). The van der Waals surface area contributed by atoms with Gasteiger partial charge in [0.25, 0.3) is 5.91 Å². The molecular weight excluding hydrogens is 340 g/mol. The molecule has 6 nitrogen and oxygen atoms in total. The lowest BCUT2D eigenvalue weighted by atomic mass is 9.94. The molecule has 0 spiro atoms. The molecule has 7 heteroatoms. The second-order valence-corrected chi connectivity index (χ2v) is 8.06. The minimum absolute atomic E-state index is 0.0450. The third kappa shape index (κ3) is 3.47. The Labute approximate surface area is 151 Å². The van der Waals surface area contributed by atoms with E-state index < -0.39 is 6.04 Å². The highest BCUT2D eigenvalue weighted by Crippen LogP contribution is 2.32. The molecule has 1 fully saturated rings.